The molecule has 0 radical (unpaired) electrons. The van der Waals surface area contributed by atoms with Gasteiger partial charge in [-0.25, -0.2) is 8.42 Å². The molecule has 2 N–H and O–H groups in total. The van der Waals surface area contributed by atoms with Gasteiger partial charge < -0.3 is 5.73 Å². The van der Waals surface area contributed by atoms with Gasteiger partial charge in [0.15, 0.2) is 4.90 Å². The molecule has 0 unspecified atom stereocenters. The van der Waals surface area contributed by atoms with Gasteiger partial charge in [0.1, 0.15) is 0 Å². The van der Waals surface area contributed by atoms with Crippen molar-refractivity contribution in [2.45, 2.75) is 11.4 Å². The average molecular weight is 327 g/mol. The van der Waals surface area contributed by atoms with E-state index in [0.29, 0.717) is 0 Å². The van der Waals surface area contributed by atoms with Crippen LogP contribution < -0.4 is 5.73 Å². The Labute approximate surface area is 125 Å². The van der Waals surface area contributed by atoms with Gasteiger partial charge in [0.05, 0.1) is 4.92 Å². The normalized spacial score (nSPS) is 11.7. The highest BCUT2D eigenvalue weighted by Crippen LogP contribution is 2.29. The molecule has 7 nitrogen and oxygen atoms in total. The molecule has 0 aliphatic rings. The molecule has 0 bridgehead atoms. The van der Waals surface area contributed by atoms with Crippen molar-refractivity contribution in [2.75, 3.05) is 12.8 Å². The molecule has 1 aromatic heterocycles. The first kappa shape index (κ1) is 15.4. The minimum Gasteiger partial charge on any atom is -0.399 e. The lowest BCUT2D eigenvalue weighted by atomic mass is 10.3. The summed E-state index contributed by atoms with van der Waals surface area (Å²) < 4.78 is 26.0. The second kappa shape index (κ2) is 5.80. The fourth-order valence-electron chi connectivity index (χ4n) is 1.77. The zero-order valence-electron chi connectivity index (χ0n) is 11.1. The third-order valence-electron chi connectivity index (χ3n) is 2.83. The molecular formula is C12H13N3O4S2. The van der Waals surface area contributed by atoms with Crippen LogP contribution in [-0.2, 0) is 16.6 Å². The Kier molecular flexibility index (Phi) is 4.26. The summed E-state index contributed by atoms with van der Waals surface area (Å²) in [6.07, 6.45) is 0. The first-order chi connectivity index (χ1) is 9.82. The maximum atomic E-state index is 12.5. The molecule has 0 spiro atoms. The van der Waals surface area contributed by atoms with Gasteiger partial charge >= 0.3 is 0 Å². The van der Waals surface area contributed by atoms with Crippen molar-refractivity contribution in [2.24, 2.45) is 0 Å². The van der Waals surface area contributed by atoms with Gasteiger partial charge in [-0.3, -0.25) is 10.1 Å². The van der Waals surface area contributed by atoms with Crippen LogP contribution in [0.5, 0.6) is 0 Å². The fourth-order valence-corrected chi connectivity index (χ4v) is 3.89. The second-order valence-corrected chi connectivity index (χ2v) is 7.37. The molecule has 1 heterocycles. The SMILES string of the molecule is CN(Cc1cccs1)S(=O)(=O)c1ccc(N)cc1[N+](=O)[O-]. The third kappa shape index (κ3) is 3.20. The van der Waals surface area contributed by atoms with E-state index in [1.165, 1.54) is 24.5 Å². The zero-order valence-corrected chi connectivity index (χ0v) is 12.7. The van der Waals surface area contributed by atoms with Crippen molar-refractivity contribution >= 4 is 32.7 Å². The van der Waals surface area contributed by atoms with E-state index in [4.69, 9.17) is 5.73 Å². The number of nitrogen functional groups attached to an aromatic ring is 1. The van der Waals surface area contributed by atoms with E-state index < -0.39 is 20.6 Å². The molecule has 0 aliphatic heterocycles. The lowest BCUT2D eigenvalue weighted by Crippen LogP contribution is -2.26. The maximum absolute atomic E-state index is 12.5. The number of rotatable bonds is 5. The molecule has 0 saturated heterocycles. The zero-order chi connectivity index (χ0) is 15.6. The van der Waals surface area contributed by atoms with E-state index in [-0.39, 0.29) is 17.1 Å². The summed E-state index contributed by atoms with van der Waals surface area (Å²) in [5.74, 6) is 0. The molecule has 0 fully saturated rings. The first-order valence-electron chi connectivity index (χ1n) is 5.85. The molecule has 0 saturated carbocycles. The number of nitro benzene ring substituents is 1. The summed E-state index contributed by atoms with van der Waals surface area (Å²) >= 11 is 1.42. The molecule has 21 heavy (non-hydrogen) atoms. The van der Waals surface area contributed by atoms with Gasteiger partial charge in [-0.1, -0.05) is 6.07 Å². The summed E-state index contributed by atoms with van der Waals surface area (Å²) in [5.41, 5.74) is 5.10. The van der Waals surface area contributed by atoms with Gasteiger partial charge in [-0.15, -0.1) is 11.3 Å². The maximum Gasteiger partial charge on any atom is 0.291 e. The van der Waals surface area contributed by atoms with Gasteiger partial charge in [0.2, 0.25) is 10.0 Å². The van der Waals surface area contributed by atoms with Crippen LogP contribution in [0, 0.1) is 10.1 Å². The Morgan fingerprint density at radius 1 is 1.38 bits per heavy atom. The van der Waals surface area contributed by atoms with Gasteiger partial charge in [0, 0.05) is 30.2 Å². The predicted octanol–water partition coefficient (Wildman–Crippen LogP) is 2.06. The topological polar surface area (TPSA) is 107 Å². The number of anilines is 1. The van der Waals surface area contributed by atoms with Crippen LogP contribution >= 0.6 is 11.3 Å². The molecule has 0 atom stereocenters. The van der Waals surface area contributed by atoms with E-state index in [0.717, 1.165) is 21.3 Å². The van der Waals surface area contributed by atoms with E-state index in [2.05, 4.69) is 0 Å². The van der Waals surface area contributed by atoms with Crippen molar-refractivity contribution in [1.29, 1.82) is 0 Å². The molecule has 2 rings (SSSR count). The smallest absolute Gasteiger partial charge is 0.291 e. The van der Waals surface area contributed by atoms with Crippen molar-refractivity contribution < 1.29 is 13.3 Å². The quantitative estimate of drug-likeness (QED) is 0.514. The molecular weight excluding hydrogens is 314 g/mol. The van der Waals surface area contributed by atoms with Crippen LogP contribution in [0.3, 0.4) is 0 Å². The Hall–Kier alpha value is -1.97. The van der Waals surface area contributed by atoms with Crippen LogP contribution in [0.2, 0.25) is 0 Å². The van der Waals surface area contributed by atoms with Crippen molar-refractivity contribution in [3.8, 4) is 0 Å². The highest BCUT2D eigenvalue weighted by molar-refractivity contribution is 7.89. The molecule has 1 aromatic carbocycles. The highest BCUT2D eigenvalue weighted by Gasteiger charge is 2.29. The summed E-state index contributed by atoms with van der Waals surface area (Å²) in [4.78, 5) is 10.8. The fraction of sp³-hybridized carbons (Fsp3) is 0.167. The van der Waals surface area contributed by atoms with Crippen LogP contribution in [0.15, 0.2) is 40.6 Å². The first-order valence-corrected chi connectivity index (χ1v) is 8.17. The minimum absolute atomic E-state index is 0.140. The van der Waals surface area contributed by atoms with Crippen LogP contribution in [0.4, 0.5) is 11.4 Å². The number of hydrogen-bond donors (Lipinski definition) is 1. The lowest BCUT2D eigenvalue weighted by molar-refractivity contribution is -0.387. The van der Waals surface area contributed by atoms with Crippen LogP contribution in [0.1, 0.15) is 4.88 Å². The minimum atomic E-state index is -3.96. The number of hydrogen-bond acceptors (Lipinski definition) is 6. The van der Waals surface area contributed by atoms with E-state index >= 15 is 0 Å². The molecule has 2 aromatic rings. The monoisotopic (exact) mass is 327 g/mol. The van der Waals surface area contributed by atoms with Crippen LogP contribution in [-0.4, -0.2) is 24.7 Å². The summed E-state index contributed by atoms with van der Waals surface area (Å²) in [5, 5.41) is 12.9. The number of thiophene rings is 1. The second-order valence-electron chi connectivity index (χ2n) is 4.32. The van der Waals surface area contributed by atoms with Crippen LogP contribution in [0.25, 0.3) is 0 Å². The number of nitrogens with zero attached hydrogens (tertiary/aromatic N) is 2. The van der Waals surface area contributed by atoms with Gasteiger partial charge in [-0.2, -0.15) is 4.31 Å². The largest absolute Gasteiger partial charge is 0.399 e. The highest BCUT2D eigenvalue weighted by atomic mass is 32.2. The number of nitrogens with two attached hydrogens (primary N) is 1. The number of sulfonamides is 1. The van der Waals surface area contributed by atoms with E-state index in [1.54, 1.807) is 6.07 Å². The van der Waals surface area contributed by atoms with Gasteiger partial charge in [0.25, 0.3) is 5.69 Å². The van der Waals surface area contributed by atoms with Gasteiger partial charge in [-0.05, 0) is 23.6 Å². The molecule has 0 aliphatic carbocycles. The Bertz CT molecular complexity index is 757. The van der Waals surface area contributed by atoms with E-state index in [9.17, 15) is 18.5 Å². The van der Waals surface area contributed by atoms with Crippen molar-refractivity contribution in [3.63, 3.8) is 0 Å². The lowest BCUT2D eigenvalue weighted by Gasteiger charge is -2.16. The number of nitro groups is 1. The molecule has 9 heteroatoms. The predicted molar refractivity (Wildman–Crippen MR) is 80.5 cm³/mol. The number of benzene rings is 1. The molecule has 112 valence electrons. The summed E-state index contributed by atoms with van der Waals surface area (Å²) in [6.45, 7) is 0.154. The standard InChI is InChI=1S/C12H13N3O4S2/c1-14(8-10-3-2-6-20-10)21(18,19)12-5-4-9(13)7-11(12)15(16)17/h2-7H,8,13H2,1H3. The Morgan fingerprint density at radius 3 is 2.67 bits per heavy atom. The average Bonchev–Trinajstić information content (AvgIpc) is 2.91. The van der Waals surface area contributed by atoms with E-state index in [1.807, 2.05) is 11.4 Å². The summed E-state index contributed by atoms with van der Waals surface area (Å²) in [6, 6.07) is 7.15. The molecule has 0 amide bonds. The van der Waals surface area contributed by atoms with Crippen molar-refractivity contribution in [3.05, 3.63) is 50.7 Å². The Balaban J connectivity index is 2.41. The Morgan fingerprint density at radius 2 is 2.10 bits per heavy atom. The summed E-state index contributed by atoms with van der Waals surface area (Å²) in [7, 11) is -2.58. The van der Waals surface area contributed by atoms with Crippen molar-refractivity contribution in [1.82, 2.24) is 4.31 Å². The third-order valence-corrected chi connectivity index (χ3v) is 5.54.